The average Bonchev–Trinajstić information content (AvgIpc) is 2.55. The number of thiophene rings is 1. The Bertz CT molecular complexity index is 220. The van der Waals surface area contributed by atoms with Gasteiger partial charge >= 0.3 is 0 Å². The van der Waals surface area contributed by atoms with Crippen LogP contribution < -0.4 is 5.84 Å². The Kier molecular flexibility index (Phi) is 1.94. The van der Waals surface area contributed by atoms with Gasteiger partial charge in [-0.1, -0.05) is 6.07 Å². The molecule has 0 bridgehead atoms. The van der Waals surface area contributed by atoms with E-state index in [1.807, 2.05) is 16.3 Å². The van der Waals surface area contributed by atoms with Crippen molar-refractivity contribution in [2.75, 3.05) is 13.1 Å². The van der Waals surface area contributed by atoms with E-state index in [9.17, 15) is 0 Å². The molecule has 1 aliphatic heterocycles. The molecule has 60 valence electrons. The lowest BCUT2D eigenvalue weighted by atomic mass is 10.1. The lowest BCUT2D eigenvalue weighted by molar-refractivity contribution is 0.350. The Morgan fingerprint density at radius 3 is 3.09 bits per heavy atom. The maximum absolute atomic E-state index is 5.67. The molecule has 1 fully saturated rings. The lowest BCUT2D eigenvalue weighted by Gasteiger charge is -2.07. The van der Waals surface area contributed by atoms with Crippen LogP contribution in [0.3, 0.4) is 0 Å². The van der Waals surface area contributed by atoms with E-state index in [1.54, 1.807) is 0 Å². The van der Waals surface area contributed by atoms with Crippen LogP contribution in [0.1, 0.15) is 17.2 Å². The Morgan fingerprint density at radius 2 is 2.55 bits per heavy atom. The predicted octanol–water partition coefficient (Wildman–Crippen LogP) is 1.41. The van der Waals surface area contributed by atoms with Gasteiger partial charge in [0.25, 0.3) is 0 Å². The van der Waals surface area contributed by atoms with E-state index < -0.39 is 0 Å². The van der Waals surface area contributed by atoms with Gasteiger partial charge in [0, 0.05) is 23.9 Å². The molecule has 0 amide bonds. The first-order valence-electron chi connectivity index (χ1n) is 3.89. The summed E-state index contributed by atoms with van der Waals surface area (Å²) < 4.78 is 0. The van der Waals surface area contributed by atoms with Gasteiger partial charge in [-0.15, -0.1) is 11.3 Å². The summed E-state index contributed by atoms with van der Waals surface area (Å²) >= 11 is 1.84. The van der Waals surface area contributed by atoms with Crippen LogP contribution in [0.5, 0.6) is 0 Å². The Hall–Kier alpha value is -0.380. The summed E-state index contributed by atoms with van der Waals surface area (Å²) in [7, 11) is 0. The summed E-state index contributed by atoms with van der Waals surface area (Å²) in [4.78, 5) is 1.48. The first-order valence-corrected chi connectivity index (χ1v) is 4.77. The molecule has 2 heterocycles. The molecular formula is C8H12N2S. The van der Waals surface area contributed by atoms with E-state index in [4.69, 9.17) is 5.84 Å². The maximum Gasteiger partial charge on any atom is 0.0205 e. The Balaban J connectivity index is 2.08. The van der Waals surface area contributed by atoms with Crippen LogP contribution in [0.4, 0.5) is 0 Å². The van der Waals surface area contributed by atoms with E-state index in [2.05, 4.69) is 17.5 Å². The molecule has 0 spiro atoms. The molecule has 1 aromatic rings. The normalized spacial score (nSPS) is 26.1. The number of hydrogen-bond acceptors (Lipinski definition) is 3. The highest BCUT2D eigenvalue weighted by Gasteiger charge is 2.21. The number of hydrazine groups is 1. The molecule has 1 aromatic heterocycles. The topological polar surface area (TPSA) is 29.3 Å². The average molecular weight is 168 g/mol. The molecule has 0 saturated carbocycles. The van der Waals surface area contributed by atoms with Gasteiger partial charge in [-0.05, 0) is 17.9 Å². The third-order valence-electron chi connectivity index (χ3n) is 2.17. The standard InChI is InChI=1S/C8H12N2S/c9-10-4-3-7(6-10)8-2-1-5-11-8/h1-2,5,7H,3-4,6,9H2. The third kappa shape index (κ3) is 1.45. The van der Waals surface area contributed by atoms with Crippen molar-refractivity contribution in [1.29, 1.82) is 0 Å². The van der Waals surface area contributed by atoms with E-state index in [-0.39, 0.29) is 0 Å². The van der Waals surface area contributed by atoms with Gasteiger partial charge in [0.15, 0.2) is 0 Å². The van der Waals surface area contributed by atoms with Crippen molar-refractivity contribution in [2.24, 2.45) is 5.84 Å². The van der Waals surface area contributed by atoms with Gasteiger partial charge in [-0.3, -0.25) is 5.84 Å². The maximum atomic E-state index is 5.67. The molecular weight excluding hydrogens is 156 g/mol. The number of hydrogen-bond donors (Lipinski definition) is 1. The van der Waals surface area contributed by atoms with Crippen molar-refractivity contribution >= 4 is 11.3 Å². The van der Waals surface area contributed by atoms with E-state index in [0.29, 0.717) is 5.92 Å². The Morgan fingerprint density at radius 1 is 1.64 bits per heavy atom. The van der Waals surface area contributed by atoms with Crippen LogP contribution in [0.15, 0.2) is 17.5 Å². The van der Waals surface area contributed by atoms with Crippen molar-refractivity contribution in [1.82, 2.24) is 5.01 Å². The highest BCUT2D eigenvalue weighted by Crippen LogP contribution is 2.28. The molecule has 0 aromatic carbocycles. The summed E-state index contributed by atoms with van der Waals surface area (Å²) in [6, 6.07) is 4.31. The van der Waals surface area contributed by atoms with Crippen LogP contribution in [0, 0.1) is 0 Å². The third-order valence-corrected chi connectivity index (χ3v) is 3.20. The number of nitrogens with two attached hydrogens (primary N) is 1. The summed E-state index contributed by atoms with van der Waals surface area (Å²) in [5.41, 5.74) is 0. The summed E-state index contributed by atoms with van der Waals surface area (Å²) in [6.45, 7) is 2.07. The van der Waals surface area contributed by atoms with Crippen LogP contribution in [0.2, 0.25) is 0 Å². The van der Waals surface area contributed by atoms with Crippen molar-refractivity contribution in [3.05, 3.63) is 22.4 Å². The second-order valence-corrected chi connectivity index (χ2v) is 3.98. The van der Waals surface area contributed by atoms with Crippen LogP contribution in [-0.2, 0) is 0 Å². The molecule has 11 heavy (non-hydrogen) atoms. The summed E-state index contributed by atoms with van der Waals surface area (Å²) in [5.74, 6) is 6.36. The minimum absolute atomic E-state index is 0.694. The minimum atomic E-state index is 0.694. The fraction of sp³-hybridized carbons (Fsp3) is 0.500. The second-order valence-electron chi connectivity index (χ2n) is 3.00. The summed E-state index contributed by atoms with van der Waals surface area (Å²) in [6.07, 6.45) is 1.22. The monoisotopic (exact) mass is 168 g/mol. The smallest absolute Gasteiger partial charge is 0.0205 e. The second kappa shape index (κ2) is 2.93. The highest BCUT2D eigenvalue weighted by atomic mass is 32.1. The lowest BCUT2D eigenvalue weighted by Crippen LogP contribution is -2.27. The van der Waals surface area contributed by atoms with Gasteiger partial charge < -0.3 is 0 Å². The molecule has 2 rings (SSSR count). The van der Waals surface area contributed by atoms with Crippen LogP contribution in [0.25, 0.3) is 0 Å². The van der Waals surface area contributed by atoms with Gasteiger partial charge in [0.1, 0.15) is 0 Å². The van der Waals surface area contributed by atoms with E-state index in [1.165, 1.54) is 11.3 Å². The summed E-state index contributed by atoms with van der Waals surface area (Å²) in [5, 5.41) is 4.04. The van der Waals surface area contributed by atoms with E-state index in [0.717, 1.165) is 13.1 Å². The first-order chi connectivity index (χ1) is 5.36. The zero-order chi connectivity index (χ0) is 7.68. The fourth-order valence-corrected chi connectivity index (χ4v) is 2.40. The molecule has 1 atom stereocenters. The fourth-order valence-electron chi connectivity index (χ4n) is 1.54. The van der Waals surface area contributed by atoms with Gasteiger partial charge in [-0.25, -0.2) is 5.01 Å². The van der Waals surface area contributed by atoms with Crippen LogP contribution in [-0.4, -0.2) is 18.1 Å². The molecule has 3 heteroatoms. The molecule has 1 unspecified atom stereocenters. The number of nitrogens with zero attached hydrogens (tertiary/aromatic N) is 1. The van der Waals surface area contributed by atoms with Crippen molar-refractivity contribution < 1.29 is 0 Å². The molecule has 1 saturated heterocycles. The zero-order valence-electron chi connectivity index (χ0n) is 6.36. The van der Waals surface area contributed by atoms with E-state index >= 15 is 0 Å². The SMILES string of the molecule is NN1CCC(c2cccs2)C1. The van der Waals surface area contributed by atoms with Gasteiger partial charge in [-0.2, -0.15) is 0 Å². The van der Waals surface area contributed by atoms with Crippen LogP contribution >= 0.6 is 11.3 Å². The molecule has 2 N–H and O–H groups in total. The molecule has 0 radical (unpaired) electrons. The van der Waals surface area contributed by atoms with Gasteiger partial charge in [0.05, 0.1) is 0 Å². The first kappa shape index (κ1) is 7.28. The van der Waals surface area contributed by atoms with Crippen molar-refractivity contribution in [3.63, 3.8) is 0 Å². The molecule has 1 aliphatic rings. The predicted molar refractivity (Wildman–Crippen MR) is 47.4 cm³/mol. The van der Waals surface area contributed by atoms with Crippen molar-refractivity contribution in [2.45, 2.75) is 12.3 Å². The Labute approximate surface area is 70.6 Å². The number of rotatable bonds is 1. The minimum Gasteiger partial charge on any atom is -0.269 e. The quantitative estimate of drug-likeness (QED) is 0.642. The zero-order valence-corrected chi connectivity index (χ0v) is 7.18. The largest absolute Gasteiger partial charge is 0.269 e. The molecule has 2 nitrogen and oxygen atoms in total. The van der Waals surface area contributed by atoms with Crippen molar-refractivity contribution in [3.8, 4) is 0 Å². The van der Waals surface area contributed by atoms with Gasteiger partial charge in [0.2, 0.25) is 0 Å². The molecule has 0 aliphatic carbocycles. The highest BCUT2D eigenvalue weighted by molar-refractivity contribution is 7.10.